The highest BCUT2D eigenvalue weighted by Crippen LogP contribution is 2.29. The molecule has 0 saturated carbocycles. The summed E-state index contributed by atoms with van der Waals surface area (Å²) >= 11 is 0. The molecule has 5 nitrogen and oxygen atoms in total. The first-order chi connectivity index (χ1) is 8.97. The van der Waals surface area contributed by atoms with Crippen LogP contribution in [0.3, 0.4) is 0 Å². The molecule has 0 spiro atoms. The van der Waals surface area contributed by atoms with Gasteiger partial charge in [-0.05, 0) is 31.5 Å². The van der Waals surface area contributed by atoms with E-state index in [-0.39, 0.29) is 17.0 Å². The topological polar surface area (TPSA) is 76.3 Å². The van der Waals surface area contributed by atoms with Crippen LogP contribution in [0.1, 0.15) is 18.4 Å². The van der Waals surface area contributed by atoms with Crippen LogP contribution in [-0.4, -0.2) is 48.9 Å². The van der Waals surface area contributed by atoms with Gasteiger partial charge in [0.2, 0.25) is 0 Å². The molecule has 1 saturated heterocycles. The normalized spacial score (nSPS) is 21.4. The number of nitrogens with two attached hydrogens (primary N) is 1. The van der Waals surface area contributed by atoms with Crippen molar-refractivity contribution in [2.75, 3.05) is 25.1 Å². The minimum atomic E-state index is -2.86. The molecule has 2 heterocycles. The van der Waals surface area contributed by atoms with Gasteiger partial charge in [0.25, 0.3) is 0 Å². The summed E-state index contributed by atoms with van der Waals surface area (Å²) in [5.74, 6) is 0.475. The van der Waals surface area contributed by atoms with E-state index in [0.29, 0.717) is 19.4 Å². The van der Waals surface area contributed by atoms with Crippen LogP contribution in [0, 0.1) is 0 Å². The molecule has 0 amide bonds. The third kappa shape index (κ3) is 3.32. The van der Waals surface area contributed by atoms with Crippen LogP contribution in [-0.2, 0) is 16.4 Å². The number of sulfone groups is 1. The average molecular weight is 283 g/mol. The molecule has 1 aliphatic rings. The smallest absolute Gasteiger partial charge is 0.150 e. The molecule has 6 heteroatoms. The van der Waals surface area contributed by atoms with Crippen molar-refractivity contribution in [3.63, 3.8) is 0 Å². The van der Waals surface area contributed by atoms with Crippen LogP contribution in [0.4, 0.5) is 0 Å². The van der Waals surface area contributed by atoms with Gasteiger partial charge in [0.1, 0.15) is 9.84 Å². The molecule has 0 bridgehead atoms. The molecule has 1 aromatic rings. The van der Waals surface area contributed by atoms with E-state index in [0.717, 1.165) is 12.1 Å². The molecular weight excluding hydrogens is 262 g/mol. The minimum absolute atomic E-state index is 0.207. The largest absolute Gasteiger partial charge is 0.329 e. The van der Waals surface area contributed by atoms with Crippen molar-refractivity contribution in [2.24, 2.45) is 5.73 Å². The van der Waals surface area contributed by atoms with Crippen LogP contribution in [0.5, 0.6) is 0 Å². The fourth-order valence-electron chi connectivity index (χ4n) is 2.59. The van der Waals surface area contributed by atoms with Crippen LogP contribution >= 0.6 is 0 Å². The molecule has 1 aliphatic heterocycles. The predicted molar refractivity (Wildman–Crippen MR) is 75.4 cm³/mol. The maximum Gasteiger partial charge on any atom is 0.150 e. The first-order valence-corrected chi connectivity index (χ1v) is 8.30. The highest BCUT2D eigenvalue weighted by atomic mass is 32.2. The number of rotatable bonds is 4. The highest BCUT2D eigenvalue weighted by Gasteiger charge is 2.39. The van der Waals surface area contributed by atoms with Crippen molar-refractivity contribution in [1.29, 1.82) is 0 Å². The van der Waals surface area contributed by atoms with E-state index in [9.17, 15) is 8.42 Å². The lowest BCUT2D eigenvalue weighted by molar-refractivity contribution is 0.105. The van der Waals surface area contributed by atoms with Crippen LogP contribution in [0.15, 0.2) is 24.5 Å². The van der Waals surface area contributed by atoms with Crippen molar-refractivity contribution in [1.82, 2.24) is 9.88 Å². The summed E-state index contributed by atoms with van der Waals surface area (Å²) in [6.07, 6.45) is 4.81. The SMILES string of the molecule is CN(Cc1cccnc1)C1(CN)CCS(=O)(=O)CC1. The highest BCUT2D eigenvalue weighted by molar-refractivity contribution is 7.91. The number of hydrogen-bond acceptors (Lipinski definition) is 5. The van der Waals surface area contributed by atoms with Gasteiger partial charge in [0, 0.05) is 31.0 Å². The Hall–Kier alpha value is -0.980. The van der Waals surface area contributed by atoms with Crippen LogP contribution < -0.4 is 5.73 Å². The predicted octanol–water partition coefficient (Wildman–Crippen LogP) is 0.419. The molecule has 2 N–H and O–H groups in total. The summed E-state index contributed by atoms with van der Waals surface area (Å²) < 4.78 is 23.1. The third-order valence-corrected chi connectivity index (χ3v) is 5.74. The standard InChI is InChI=1S/C13H21N3O2S/c1-16(10-12-3-2-6-15-9-12)13(11-14)4-7-19(17,18)8-5-13/h2-3,6,9H,4-5,7-8,10-11,14H2,1H3. The lowest BCUT2D eigenvalue weighted by Gasteiger charge is -2.43. The van der Waals surface area contributed by atoms with E-state index in [1.165, 1.54) is 0 Å². The zero-order valence-corrected chi connectivity index (χ0v) is 12.1. The van der Waals surface area contributed by atoms with E-state index in [2.05, 4.69) is 9.88 Å². The second-order valence-electron chi connectivity index (χ2n) is 5.30. The summed E-state index contributed by atoms with van der Waals surface area (Å²) in [6.45, 7) is 1.23. The summed E-state index contributed by atoms with van der Waals surface area (Å²) in [7, 11) is -0.853. The summed E-state index contributed by atoms with van der Waals surface area (Å²) in [6, 6.07) is 3.93. The van der Waals surface area contributed by atoms with Gasteiger partial charge in [0.15, 0.2) is 0 Å². The van der Waals surface area contributed by atoms with Crippen LogP contribution in [0.2, 0.25) is 0 Å². The van der Waals surface area contributed by atoms with E-state index in [1.807, 2.05) is 25.4 Å². The minimum Gasteiger partial charge on any atom is -0.329 e. The van der Waals surface area contributed by atoms with Gasteiger partial charge in [-0.3, -0.25) is 9.88 Å². The average Bonchev–Trinajstić information content (AvgIpc) is 2.40. The van der Waals surface area contributed by atoms with Crippen molar-refractivity contribution in [3.8, 4) is 0 Å². The Kier molecular flexibility index (Phi) is 4.23. The fraction of sp³-hybridized carbons (Fsp3) is 0.615. The van der Waals surface area contributed by atoms with E-state index in [4.69, 9.17) is 5.73 Å². The number of aromatic nitrogens is 1. The Morgan fingerprint density at radius 2 is 2.11 bits per heavy atom. The number of nitrogens with zero attached hydrogens (tertiary/aromatic N) is 2. The van der Waals surface area contributed by atoms with Crippen molar-refractivity contribution in [3.05, 3.63) is 30.1 Å². The number of hydrogen-bond donors (Lipinski definition) is 1. The van der Waals surface area contributed by atoms with Gasteiger partial charge >= 0.3 is 0 Å². The fourth-order valence-corrected chi connectivity index (χ4v) is 4.18. The Morgan fingerprint density at radius 1 is 1.42 bits per heavy atom. The third-order valence-electron chi connectivity index (χ3n) is 4.09. The zero-order chi connectivity index (χ0) is 13.9. The Bertz CT molecular complexity index is 502. The first-order valence-electron chi connectivity index (χ1n) is 6.48. The van der Waals surface area contributed by atoms with Gasteiger partial charge in [-0.1, -0.05) is 6.07 Å². The van der Waals surface area contributed by atoms with Gasteiger partial charge in [-0.25, -0.2) is 8.42 Å². The second-order valence-corrected chi connectivity index (χ2v) is 7.60. The molecule has 19 heavy (non-hydrogen) atoms. The number of likely N-dealkylation sites (N-methyl/N-ethyl adjacent to an activating group) is 1. The van der Waals surface area contributed by atoms with E-state index >= 15 is 0 Å². The van der Waals surface area contributed by atoms with Crippen molar-refractivity contribution >= 4 is 9.84 Å². The Balaban J connectivity index is 2.09. The van der Waals surface area contributed by atoms with E-state index in [1.54, 1.807) is 6.20 Å². The quantitative estimate of drug-likeness (QED) is 0.866. The molecule has 106 valence electrons. The van der Waals surface area contributed by atoms with Gasteiger partial charge in [-0.2, -0.15) is 0 Å². The molecule has 2 rings (SSSR count). The molecule has 0 radical (unpaired) electrons. The van der Waals surface area contributed by atoms with E-state index < -0.39 is 9.84 Å². The number of pyridine rings is 1. The van der Waals surface area contributed by atoms with Crippen LogP contribution in [0.25, 0.3) is 0 Å². The maximum absolute atomic E-state index is 11.6. The van der Waals surface area contributed by atoms with Crippen molar-refractivity contribution in [2.45, 2.75) is 24.9 Å². The first kappa shape index (κ1) is 14.4. The molecule has 1 aromatic heterocycles. The van der Waals surface area contributed by atoms with Gasteiger partial charge in [0.05, 0.1) is 11.5 Å². The Morgan fingerprint density at radius 3 is 2.63 bits per heavy atom. The molecule has 0 aliphatic carbocycles. The van der Waals surface area contributed by atoms with Gasteiger partial charge < -0.3 is 5.73 Å². The monoisotopic (exact) mass is 283 g/mol. The van der Waals surface area contributed by atoms with Crippen molar-refractivity contribution < 1.29 is 8.42 Å². The summed E-state index contributed by atoms with van der Waals surface area (Å²) in [5, 5.41) is 0. The maximum atomic E-state index is 11.6. The molecule has 1 fully saturated rings. The lowest BCUT2D eigenvalue weighted by atomic mass is 9.90. The second kappa shape index (κ2) is 5.56. The van der Waals surface area contributed by atoms with Gasteiger partial charge in [-0.15, -0.1) is 0 Å². The Labute approximate surface area is 114 Å². The summed E-state index contributed by atoms with van der Waals surface area (Å²) in [5.41, 5.74) is 6.84. The molecular formula is C13H21N3O2S. The lowest BCUT2D eigenvalue weighted by Crippen LogP contribution is -2.55. The molecule has 0 unspecified atom stereocenters. The zero-order valence-electron chi connectivity index (χ0n) is 11.2. The summed E-state index contributed by atoms with van der Waals surface area (Å²) in [4.78, 5) is 6.28. The molecule has 0 atom stereocenters. The molecule has 0 aromatic carbocycles.